The highest BCUT2D eigenvalue weighted by Crippen LogP contribution is 2.16. The first-order chi connectivity index (χ1) is 12.3. The smallest absolute Gasteiger partial charge is 0.303 e. The van der Waals surface area contributed by atoms with Gasteiger partial charge in [-0.3, -0.25) is 4.79 Å². The van der Waals surface area contributed by atoms with Crippen LogP contribution in [0, 0.1) is 0 Å². The van der Waals surface area contributed by atoms with E-state index in [0.717, 1.165) is 32.4 Å². The lowest BCUT2D eigenvalue weighted by molar-refractivity contribution is -0.136. The van der Waals surface area contributed by atoms with Crippen LogP contribution in [0.15, 0.2) is 33.5 Å². The fourth-order valence-electron chi connectivity index (χ4n) is 1.56. The molecule has 3 heterocycles. The molecule has 0 saturated carbocycles. The lowest BCUT2D eigenvalue weighted by Crippen LogP contribution is -1.96. The Hall–Kier alpha value is -2.20. The van der Waals surface area contributed by atoms with E-state index in [4.69, 9.17) is 16.6 Å². The molecule has 8 nitrogen and oxygen atoms in total. The molecule has 0 fully saturated rings. The van der Waals surface area contributed by atoms with Gasteiger partial charge in [0.15, 0.2) is 5.65 Å². The number of H-pyrrole nitrogens is 1. The van der Waals surface area contributed by atoms with Crippen molar-refractivity contribution in [1.29, 1.82) is 0 Å². The van der Waals surface area contributed by atoms with Crippen molar-refractivity contribution in [3.8, 4) is 0 Å². The molecule has 0 aromatic carbocycles. The molecule has 0 radical (unpaired) electrons. The number of aromatic amines is 1. The van der Waals surface area contributed by atoms with Crippen molar-refractivity contribution in [1.82, 2.24) is 19.9 Å². The lowest BCUT2D eigenvalue weighted by Gasteiger charge is -1.96. The van der Waals surface area contributed by atoms with E-state index >= 15 is 0 Å². The molecule has 0 aliphatic heterocycles. The van der Waals surface area contributed by atoms with E-state index in [-0.39, 0.29) is 6.42 Å². The average molecular weight is 488 g/mol. The Kier molecular flexibility index (Phi) is 9.00. The van der Waals surface area contributed by atoms with E-state index in [1.165, 1.54) is 0 Å². The van der Waals surface area contributed by atoms with E-state index in [1.54, 1.807) is 25.4 Å². The van der Waals surface area contributed by atoms with Crippen molar-refractivity contribution in [3.63, 3.8) is 0 Å². The third-order valence-corrected chi connectivity index (χ3v) is 3.77. The number of anilines is 2. The number of carbonyl (C=O) groups is 1. The number of rotatable bonds is 2. The first kappa shape index (κ1) is 21.8. The van der Waals surface area contributed by atoms with Gasteiger partial charge in [-0.05, 0) is 44.0 Å². The quantitative estimate of drug-likeness (QED) is 0.430. The molecule has 0 bridgehead atoms. The fraction of sp³-hybridized carbons (Fsp3) is 0.250. The van der Waals surface area contributed by atoms with Crippen LogP contribution < -0.4 is 11.5 Å². The second kappa shape index (κ2) is 10.7. The zero-order chi connectivity index (χ0) is 19.7. The number of nitrogens with zero attached hydrogens (tertiary/aromatic N) is 3. The van der Waals surface area contributed by atoms with Gasteiger partial charge in [0.1, 0.15) is 11.6 Å². The Bertz CT molecular complexity index is 869. The van der Waals surface area contributed by atoms with E-state index in [0.29, 0.717) is 11.5 Å². The van der Waals surface area contributed by atoms with Crippen LogP contribution in [0.2, 0.25) is 0 Å². The number of carboxylic acid groups (broad SMARTS) is 1. The van der Waals surface area contributed by atoms with Gasteiger partial charge in [-0.2, -0.15) is 0 Å². The zero-order valence-electron chi connectivity index (χ0n) is 14.3. The number of imidazole rings is 1. The SMILES string of the molecule is CCC(=O)O.CCc1nc2ncc(Br)cc2[nH]1.Nc1cc(Br)cnc1N. The van der Waals surface area contributed by atoms with Crippen LogP contribution in [0.5, 0.6) is 0 Å². The van der Waals surface area contributed by atoms with Crippen molar-refractivity contribution < 1.29 is 9.90 Å². The summed E-state index contributed by atoms with van der Waals surface area (Å²) in [5, 5.41) is 7.72. The molecule has 0 aliphatic carbocycles. The first-order valence-electron chi connectivity index (χ1n) is 7.65. The van der Waals surface area contributed by atoms with Crippen molar-refractivity contribution >= 4 is 60.5 Å². The number of nitrogens with one attached hydrogen (secondary N) is 1. The number of pyridine rings is 2. The normalized spacial score (nSPS) is 9.69. The van der Waals surface area contributed by atoms with Gasteiger partial charge in [-0.15, -0.1) is 0 Å². The van der Waals surface area contributed by atoms with Gasteiger partial charge in [0, 0.05) is 34.2 Å². The monoisotopic (exact) mass is 486 g/mol. The van der Waals surface area contributed by atoms with Crippen LogP contribution in [-0.2, 0) is 11.2 Å². The van der Waals surface area contributed by atoms with E-state index in [1.807, 2.05) is 6.07 Å². The van der Waals surface area contributed by atoms with Crippen molar-refractivity contribution in [2.24, 2.45) is 0 Å². The molecule has 3 aromatic heterocycles. The first-order valence-corrected chi connectivity index (χ1v) is 9.23. The predicted molar refractivity (Wildman–Crippen MR) is 110 cm³/mol. The maximum Gasteiger partial charge on any atom is 0.303 e. The lowest BCUT2D eigenvalue weighted by atomic mass is 10.4. The molecular weight excluding hydrogens is 468 g/mol. The standard InChI is InChI=1S/C8H8BrN3.C5H6BrN3.C3H6O2/c1-2-7-11-6-3-5(9)4-10-8(6)12-7;6-3-1-4(7)5(8)9-2-3;1-2-3(4)5/h3-4H,2H2,1H3,(H,10,11,12);1-2H,7H2,(H2,8,9);2H2,1H3,(H,4,5). The summed E-state index contributed by atoms with van der Waals surface area (Å²) in [7, 11) is 0. The van der Waals surface area contributed by atoms with Gasteiger partial charge < -0.3 is 21.6 Å². The average Bonchev–Trinajstić information content (AvgIpc) is 3.01. The number of hydrogen-bond donors (Lipinski definition) is 4. The number of carboxylic acids is 1. The summed E-state index contributed by atoms with van der Waals surface area (Å²) in [5.41, 5.74) is 13.0. The molecular formula is C16H20Br2N6O2. The van der Waals surface area contributed by atoms with Gasteiger partial charge in [-0.1, -0.05) is 13.8 Å². The molecule has 6 N–H and O–H groups in total. The van der Waals surface area contributed by atoms with Gasteiger partial charge in [0.2, 0.25) is 0 Å². The Balaban J connectivity index is 0.000000214. The molecule has 140 valence electrons. The van der Waals surface area contributed by atoms with Crippen molar-refractivity contribution in [2.45, 2.75) is 26.7 Å². The van der Waals surface area contributed by atoms with Gasteiger partial charge in [-0.25, -0.2) is 15.0 Å². The largest absolute Gasteiger partial charge is 0.481 e. The highest BCUT2D eigenvalue weighted by molar-refractivity contribution is 9.10. The van der Waals surface area contributed by atoms with Crippen LogP contribution in [0.3, 0.4) is 0 Å². The van der Waals surface area contributed by atoms with E-state index in [9.17, 15) is 4.79 Å². The molecule has 0 saturated heterocycles. The van der Waals surface area contributed by atoms with Crippen LogP contribution in [0.25, 0.3) is 11.2 Å². The number of halogens is 2. The van der Waals surface area contributed by atoms with Gasteiger partial charge >= 0.3 is 5.97 Å². The third kappa shape index (κ3) is 7.36. The topological polar surface area (TPSA) is 144 Å². The number of fused-ring (bicyclic) bond motifs is 1. The van der Waals surface area contributed by atoms with Crippen molar-refractivity contribution in [3.05, 3.63) is 39.3 Å². The summed E-state index contributed by atoms with van der Waals surface area (Å²) in [4.78, 5) is 24.8. The molecule has 0 amide bonds. The summed E-state index contributed by atoms with van der Waals surface area (Å²) in [6, 6.07) is 3.69. The minimum Gasteiger partial charge on any atom is -0.481 e. The van der Waals surface area contributed by atoms with Crippen LogP contribution in [-0.4, -0.2) is 31.0 Å². The third-order valence-electron chi connectivity index (χ3n) is 2.91. The highest BCUT2D eigenvalue weighted by Gasteiger charge is 2.01. The molecule has 3 aromatic rings. The number of aliphatic carboxylic acids is 1. The second-order valence-electron chi connectivity index (χ2n) is 4.94. The number of hydrogen-bond acceptors (Lipinski definition) is 6. The maximum absolute atomic E-state index is 9.37. The van der Waals surface area contributed by atoms with Crippen LogP contribution in [0.4, 0.5) is 11.5 Å². The maximum atomic E-state index is 9.37. The molecule has 26 heavy (non-hydrogen) atoms. The molecule has 3 rings (SSSR count). The second-order valence-corrected chi connectivity index (χ2v) is 6.77. The Morgan fingerprint density at radius 3 is 2.23 bits per heavy atom. The number of aryl methyl sites for hydroxylation is 1. The summed E-state index contributed by atoms with van der Waals surface area (Å²) in [5.74, 6) is 0.610. The fourth-order valence-corrected chi connectivity index (χ4v) is 2.24. The summed E-state index contributed by atoms with van der Waals surface area (Å²) < 4.78 is 1.82. The zero-order valence-corrected chi connectivity index (χ0v) is 17.5. The Morgan fingerprint density at radius 2 is 1.73 bits per heavy atom. The van der Waals surface area contributed by atoms with Crippen LogP contribution in [0.1, 0.15) is 26.1 Å². The molecule has 0 unspecified atom stereocenters. The molecule has 0 aliphatic rings. The minimum absolute atomic E-state index is 0.222. The van der Waals surface area contributed by atoms with Gasteiger partial charge in [0.25, 0.3) is 0 Å². The molecule has 10 heteroatoms. The number of aromatic nitrogens is 4. The molecule has 0 spiro atoms. The van der Waals surface area contributed by atoms with Crippen LogP contribution >= 0.6 is 31.9 Å². The highest BCUT2D eigenvalue weighted by atomic mass is 79.9. The summed E-state index contributed by atoms with van der Waals surface area (Å²) in [6.45, 7) is 3.66. The minimum atomic E-state index is -0.745. The molecule has 0 atom stereocenters. The van der Waals surface area contributed by atoms with E-state index < -0.39 is 5.97 Å². The predicted octanol–water partition coefficient (Wildman–Crippen LogP) is 3.77. The Morgan fingerprint density at radius 1 is 1.15 bits per heavy atom. The Labute approximate surface area is 167 Å². The number of nitrogens with two attached hydrogens (primary N) is 2. The number of nitrogen functional groups attached to an aromatic ring is 2. The van der Waals surface area contributed by atoms with Gasteiger partial charge in [0.05, 0.1) is 11.2 Å². The van der Waals surface area contributed by atoms with Crippen molar-refractivity contribution in [2.75, 3.05) is 11.5 Å². The summed E-state index contributed by atoms with van der Waals surface area (Å²) >= 11 is 6.55. The summed E-state index contributed by atoms with van der Waals surface area (Å²) in [6.07, 6.45) is 4.49. The van der Waals surface area contributed by atoms with E-state index in [2.05, 4.69) is 58.7 Å².